The number of anilines is 1. The normalized spacial score (nSPS) is 12.1. The van der Waals surface area contributed by atoms with Crippen LogP contribution in [-0.2, 0) is 9.53 Å². The lowest BCUT2D eigenvalue weighted by molar-refractivity contribution is -0.140. The van der Waals surface area contributed by atoms with Crippen LogP contribution in [0.4, 0.5) is 10.3 Å². The number of aromatic nitrogens is 2. The molecule has 2 aromatic carbocycles. The van der Waals surface area contributed by atoms with Crippen LogP contribution in [0.1, 0.15) is 23.6 Å². The van der Waals surface area contributed by atoms with E-state index in [1.54, 1.807) is 19.1 Å². The molecule has 6 heteroatoms. The van der Waals surface area contributed by atoms with Crippen LogP contribution in [0.2, 0.25) is 0 Å². The Labute approximate surface area is 138 Å². The Balaban J connectivity index is 1.91. The Hall–Kier alpha value is -2.89. The Morgan fingerprint density at radius 3 is 2.83 bits per heavy atom. The summed E-state index contributed by atoms with van der Waals surface area (Å²) in [4.78, 5) is 19.4. The summed E-state index contributed by atoms with van der Waals surface area (Å²) in [5, 5.41) is 3.21. The third-order valence-corrected chi connectivity index (χ3v) is 3.88. The van der Waals surface area contributed by atoms with E-state index in [4.69, 9.17) is 4.74 Å². The number of esters is 1. The summed E-state index contributed by atoms with van der Waals surface area (Å²) < 4.78 is 18.3. The van der Waals surface area contributed by atoms with Gasteiger partial charge in [-0.2, -0.15) is 0 Å². The molecule has 5 nitrogen and oxygen atoms in total. The van der Waals surface area contributed by atoms with Gasteiger partial charge >= 0.3 is 5.97 Å². The number of rotatable bonds is 5. The maximum absolute atomic E-state index is 13.5. The average molecular weight is 327 g/mol. The monoisotopic (exact) mass is 327 g/mol. The minimum Gasteiger partial charge on any atom is -0.469 e. The van der Waals surface area contributed by atoms with Gasteiger partial charge in [0, 0.05) is 0 Å². The van der Waals surface area contributed by atoms with E-state index in [1.165, 1.54) is 13.2 Å². The van der Waals surface area contributed by atoms with E-state index in [0.717, 1.165) is 16.6 Å². The Morgan fingerprint density at radius 2 is 2.12 bits per heavy atom. The van der Waals surface area contributed by atoms with Crippen LogP contribution in [0, 0.1) is 12.7 Å². The summed E-state index contributed by atoms with van der Waals surface area (Å²) in [6.07, 6.45) is 0.110. The number of para-hydroxylation sites is 2. The SMILES string of the molecule is COC(=O)CC(Nc1nc2ccccc2[nH]1)c1ccc(F)c(C)c1. The van der Waals surface area contributed by atoms with Gasteiger partial charge in [-0.05, 0) is 36.2 Å². The minimum absolute atomic E-state index is 0.110. The molecule has 0 spiro atoms. The molecule has 1 heterocycles. The van der Waals surface area contributed by atoms with Crippen molar-refractivity contribution < 1.29 is 13.9 Å². The number of H-pyrrole nitrogens is 1. The van der Waals surface area contributed by atoms with Gasteiger partial charge in [0.1, 0.15) is 5.82 Å². The Kier molecular flexibility index (Phi) is 4.46. The number of carbonyl (C=O) groups is 1. The number of methoxy groups -OCH3 is 1. The van der Waals surface area contributed by atoms with E-state index < -0.39 is 0 Å². The van der Waals surface area contributed by atoms with Crippen LogP contribution in [0.3, 0.4) is 0 Å². The maximum atomic E-state index is 13.5. The molecule has 0 saturated heterocycles. The predicted molar refractivity (Wildman–Crippen MR) is 90.2 cm³/mol. The zero-order valence-electron chi connectivity index (χ0n) is 13.5. The molecule has 2 N–H and O–H groups in total. The molecular weight excluding hydrogens is 309 g/mol. The number of hydrogen-bond donors (Lipinski definition) is 2. The second kappa shape index (κ2) is 6.70. The summed E-state index contributed by atoms with van der Waals surface area (Å²) in [5.41, 5.74) is 3.03. The quantitative estimate of drug-likeness (QED) is 0.701. The first-order chi connectivity index (χ1) is 11.6. The van der Waals surface area contributed by atoms with E-state index >= 15 is 0 Å². The number of hydrogen-bond acceptors (Lipinski definition) is 4. The summed E-state index contributed by atoms with van der Waals surface area (Å²) in [6, 6.07) is 12.0. The molecule has 24 heavy (non-hydrogen) atoms. The summed E-state index contributed by atoms with van der Waals surface area (Å²) in [6.45, 7) is 1.69. The van der Waals surface area contributed by atoms with Gasteiger partial charge in [0.05, 0.1) is 30.6 Å². The van der Waals surface area contributed by atoms with Gasteiger partial charge in [-0.1, -0.05) is 24.3 Å². The number of aromatic amines is 1. The topological polar surface area (TPSA) is 67.0 Å². The molecule has 0 fully saturated rings. The lowest BCUT2D eigenvalue weighted by atomic mass is 10.0. The average Bonchev–Trinajstić information content (AvgIpc) is 2.99. The van der Waals surface area contributed by atoms with Crippen molar-refractivity contribution in [3.8, 4) is 0 Å². The lowest BCUT2D eigenvalue weighted by Crippen LogP contribution is -2.17. The van der Waals surface area contributed by atoms with Crippen LogP contribution in [-0.4, -0.2) is 23.0 Å². The number of imidazole rings is 1. The Morgan fingerprint density at radius 1 is 1.33 bits per heavy atom. The van der Waals surface area contributed by atoms with Gasteiger partial charge in [0.15, 0.2) is 0 Å². The molecule has 1 atom stereocenters. The van der Waals surface area contributed by atoms with Crippen LogP contribution < -0.4 is 5.32 Å². The van der Waals surface area contributed by atoms with Crippen molar-refractivity contribution >= 4 is 23.0 Å². The number of ether oxygens (including phenoxy) is 1. The molecule has 0 bridgehead atoms. The highest BCUT2D eigenvalue weighted by molar-refractivity contribution is 5.77. The molecule has 0 radical (unpaired) electrons. The minimum atomic E-state index is -0.377. The van der Waals surface area contributed by atoms with Gasteiger partial charge in [-0.15, -0.1) is 0 Å². The summed E-state index contributed by atoms with van der Waals surface area (Å²) >= 11 is 0. The van der Waals surface area contributed by atoms with Crippen LogP contribution in [0.25, 0.3) is 11.0 Å². The van der Waals surface area contributed by atoms with Gasteiger partial charge in [0.2, 0.25) is 5.95 Å². The first-order valence-corrected chi connectivity index (χ1v) is 7.61. The van der Waals surface area contributed by atoms with Crippen molar-refractivity contribution in [1.29, 1.82) is 0 Å². The fraction of sp³-hybridized carbons (Fsp3) is 0.222. The number of halogens is 1. The number of aryl methyl sites for hydroxylation is 1. The number of fused-ring (bicyclic) bond motifs is 1. The van der Waals surface area contributed by atoms with Crippen molar-refractivity contribution in [3.63, 3.8) is 0 Å². The molecule has 124 valence electrons. The van der Waals surface area contributed by atoms with Crippen LogP contribution in [0.5, 0.6) is 0 Å². The molecule has 0 aliphatic heterocycles. The Bertz CT molecular complexity index is 843. The van der Waals surface area contributed by atoms with E-state index in [0.29, 0.717) is 11.5 Å². The van der Waals surface area contributed by atoms with Crippen molar-refractivity contribution in [3.05, 3.63) is 59.4 Å². The zero-order valence-corrected chi connectivity index (χ0v) is 13.5. The smallest absolute Gasteiger partial charge is 0.307 e. The standard InChI is InChI=1S/C18H18FN3O2/c1-11-9-12(7-8-13(11)19)16(10-17(23)24-2)22-18-20-14-5-3-4-6-15(14)21-18/h3-9,16H,10H2,1-2H3,(H2,20,21,22). The number of carbonyl (C=O) groups excluding carboxylic acids is 1. The highest BCUT2D eigenvalue weighted by atomic mass is 19.1. The second-order valence-corrected chi connectivity index (χ2v) is 5.59. The predicted octanol–water partition coefficient (Wildman–Crippen LogP) is 3.73. The third kappa shape index (κ3) is 3.37. The van der Waals surface area contributed by atoms with E-state index in [1.807, 2.05) is 24.3 Å². The first kappa shape index (κ1) is 16.0. The molecule has 3 aromatic rings. The lowest BCUT2D eigenvalue weighted by Gasteiger charge is -2.18. The van der Waals surface area contributed by atoms with Crippen molar-refractivity contribution in [2.24, 2.45) is 0 Å². The van der Waals surface area contributed by atoms with E-state index in [-0.39, 0.29) is 24.2 Å². The fourth-order valence-electron chi connectivity index (χ4n) is 2.57. The van der Waals surface area contributed by atoms with Gasteiger partial charge in [0.25, 0.3) is 0 Å². The molecule has 0 aliphatic rings. The maximum Gasteiger partial charge on any atom is 0.307 e. The summed E-state index contributed by atoms with van der Waals surface area (Å²) in [5.74, 6) is -0.0861. The third-order valence-electron chi connectivity index (χ3n) is 3.88. The highest BCUT2D eigenvalue weighted by Gasteiger charge is 2.19. The zero-order chi connectivity index (χ0) is 17.1. The molecule has 0 saturated carbocycles. The van der Waals surface area contributed by atoms with Gasteiger partial charge in [-0.3, -0.25) is 4.79 Å². The molecule has 1 unspecified atom stereocenters. The van der Waals surface area contributed by atoms with Crippen LogP contribution in [0.15, 0.2) is 42.5 Å². The molecular formula is C18H18FN3O2. The highest BCUT2D eigenvalue weighted by Crippen LogP contribution is 2.25. The number of nitrogens with zero attached hydrogens (tertiary/aromatic N) is 1. The first-order valence-electron chi connectivity index (χ1n) is 7.61. The van der Waals surface area contributed by atoms with Crippen molar-refractivity contribution in [2.45, 2.75) is 19.4 Å². The second-order valence-electron chi connectivity index (χ2n) is 5.59. The molecule has 0 amide bonds. The van der Waals surface area contributed by atoms with E-state index in [2.05, 4.69) is 15.3 Å². The van der Waals surface area contributed by atoms with Gasteiger partial charge in [-0.25, -0.2) is 9.37 Å². The fourth-order valence-corrected chi connectivity index (χ4v) is 2.57. The van der Waals surface area contributed by atoms with E-state index in [9.17, 15) is 9.18 Å². The van der Waals surface area contributed by atoms with Crippen molar-refractivity contribution in [1.82, 2.24) is 9.97 Å². The van der Waals surface area contributed by atoms with Crippen molar-refractivity contribution in [2.75, 3.05) is 12.4 Å². The van der Waals surface area contributed by atoms with Gasteiger partial charge < -0.3 is 15.0 Å². The molecule has 1 aromatic heterocycles. The number of nitrogens with one attached hydrogen (secondary N) is 2. The number of benzene rings is 2. The summed E-state index contributed by atoms with van der Waals surface area (Å²) in [7, 11) is 1.34. The van der Waals surface area contributed by atoms with Crippen LogP contribution >= 0.6 is 0 Å². The molecule has 3 rings (SSSR count). The molecule has 0 aliphatic carbocycles. The largest absolute Gasteiger partial charge is 0.469 e.